The van der Waals surface area contributed by atoms with Gasteiger partial charge in [-0.3, -0.25) is 4.79 Å². The van der Waals surface area contributed by atoms with Crippen molar-refractivity contribution in [2.45, 2.75) is 31.2 Å². The highest BCUT2D eigenvalue weighted by atomic mass is 16.4. The van der Waals surface area contributed by atoms with Gasteiger partial charge >= 0.3 is 5.63 Å². The van der Waals surface area contributed by atoms with Crippen molar-refractivity contribution in [1.82, 2.24) is 0 Å². The molecule has 2 rings (SSSR count). The van der Waals surface area contributed by atoms with E-state index in [-0.39, 0.29) is 11.1 Å². The van der Waals surface area contributed by atoms with Gasteiger partial charge in [-0.1, -0.05) is 12.1 Å². The molecule has 0 saturated heterocycles. The van der Waals surface area contributed by atoms with Gasteiger partial charge in [0.2, 0.25) is 5.91 Å². The van der Waals surface area contributed by atoms with Crippen molar-refractivity contribution in [2.24, 2.45) is 5.73 Å². The Kier molecular flexibility index (Phi) is 5.35. The molecule has 1 aromatic carbocycles. The van der Waals surface area contributed by atoms with E-state index in [0.29, 0.717) is 10.9 Å². The van der Waals surface area contributed by atoms with Crippen molar-refractivity contribution in [3.05, 3.63) is 45.8 Å². The first kappa shape index (κ1) is 18.1. The van der Waals surface area contributed by atoms with Gasteiger partial charge in [0.05, 0.1) is 18.6 Å². The second kappa shape index (κ2) is 7.10. The van der Waals surface area contributed by atoms with Gasteiger partial charge in [-0.2, -0.15) is 0 Å². The summed E-state index contributed by atoms with van der Waals surface area (Å²) in [5.74, 6) is -2.31. The van der Waals surface area contributed by atoms with Crippen LogP contribution in [0.5, 0.6) is 0 Å². The second-order valence-corrected chi connectivity index (χ2v) is 5.63. The maximum absolute atomic E-state index is 11.7. The predicted octanol–water partition coefficient (Wildman–Crippen LogP) is -1.25. The van der Waals surface area contributed by atoms with Crippen molar-refractivity contribution in [3.8, 4) is 0 Å². The topological polar surface area (TPSA) is 154 Å². The van der Waals surface area contributed by atoms with Gasteiger partial charge in [-0.25, -0.2) is 4.79 Å². The number of carbonyl (C=O) groups is 1. The van der Waals surface area contributed by atoms with Crippen LogP contribution < -0.4 is 11.4 Å². The average Bonchev–Trinajstić information content (AvgIpc) is 2.54. The number of aliphatic hydroxyl groups excluding tert-OH is 4. The SMILES string of the molecule is Cc1cc2ccc([C@@H](C(N)=O)[C@@H](O)[C@H](O)[C@H](O)CO)cc2oc1=O. The van der Waals surface area contributed by atoms with Gasteiger partial charge in [0.15, 0.2) is 0 Å². The van der Waals surface area contributed by atoms with Crippen LogP contribution in [0.4, 0.5) is 0 Å². The van der Waals surface area contributed by atoms with E-state index in [1.165, 1.54) is 12.1 Å². The summed E-state index contributed by atoms with van der Waals surface area (Å²) in [5.41, 5.74) is 5.59. The number of nitrogens with two attached hydrogens (primary N) is 1. The Labute approximate surface area is 136 Å². The smallest absolute Gasteiger partial charge is 0.339 e. The fourth-order valence-corrected chi connectivity index (χ4v) is 2.49. The lowest BCUT2D eigenvalue weighted by molar-refractivity contribution is -0.128. The molecule has 0 aliphatic rings. The van der Waals surface area contributed by atoms with Crippen LogP contribution in [0.15, 0.2) is 33.5 Å². The fourth-order valence-electron chi connectivity index (χ4n) is 2.49. The Bertz CT molecular complexity index is 801. The Morgan fingerprint density at radius 1 is 1.21 bits per heavy atom. The zero-order valence-corrected chi connectivity index (χ0v) is 12.9. The maximum Gasteiger partial charge on any atom is 0.339 e. The molecule has 24 heavy (non-hydrogen) atoms. The molecule has 0 bridgehead atoms. The minimum absolute atomic E-state index is 0.193. The molecule has 0 fully saturated rings. The van der Waals surface area contributed by atoms with E-state index in [1.54, 1.807) is 19.1 Å². The fraction of sp³-hybridized carbons (Fsp3) is 0.375. The molecular formula is C16H19NO7. The van der Waals surface area contributed by atoms with Gasteiger partial charge < -0.3 is 30.6 Å². The molecule has 1 amide bonds. The van der Waals surface area contributed by atoms with Crippen LogP contribution in [0.25, 0.3) is 11.0 Å². The summed E-state index contributed by atoms with van der Waals surface area (Å²) >= 11 is 0. The van der Waals surface area contributed by atoms with E-state index in [1.807, 2.05) is 0 Å². The van der Waals surface area contributed by atoms with Crippen LogP contribution in [0.3, 0.4) is 0 Å². The first-order valence-corrected chi connectivity index (χ1v) is 7.25. The van der Waals surface area contributed by atoms with Gasteiger partial charge in [-0.05, 0) is 24.6 Å². The zero-order valence-electron chi connectivity index (χ0n) is 12.9. The molecule has 4 atom stereocenters. The zero-order chi connectivity index (χ0) is 18.0. The lowest BCUT2D eigenvalue weighted by Gasteiger charge is -2.27. The highest BCUT2D eigenvalue weighted by Crippen LogP contribution is 2.26. The summed E-state index contributed by atoms with van der Waals surface area (Å²) in [4.78, 5) is 23.3. The number of rotatable bonds is 6. The van der Waals surface area contributed by atoms with Crippen molar-refractivity contribution in [1.29, 1.82) is 0 Å². The highest BCUT2D eigenvalue weighted by Gasteiger charge is 2.35. The highest BCUT2D eigenvalue weighted by molar-refractivity contribution is 5.85. The van der Waals surface area contributed by atoms with Gasteiger partial charge in [0, 0.05) is 10.9 Å². The Morgan fingerprint density at radius 2 is 1.88 bits per heavy atom. The summed E-state index contributed by atoms with van der Waals surface area (Å²) in [6, 6.07) is 6.06. The summed E-state index contributed by atoms with van der Waals surface area (Å²) in [6.07, 6.45) is -5.17. The lowest BCUT2D eigenvalue weighted by Crippen LogP contribution is -2.46. The van der Waals surface area contributed by atoms with E-state index in [9.17, 15) is 24.9 Å². The number of carbonyl (C=O) groups excluding carboxylic acids is 1. The molecule has 1 aromatic heterocycles. The molecule has 1 heterocycles. The number of amides is 1. The van der Waals surface area contributed by atoms with E-state index < -0.39 is 42.4 Å². The van der Waals surface area contributed by atoms with Crippen molar-refractivity contribution in [2.75, 3.05) is 6.61 Å². The maximum atomic E-state index is 11.7. The molecule has 8 nitrogen and oxygen atoms in total. The monoisotopic (exact) mass is 337 g/mol. The molecule has 6 N–H and O–H groups in total. The number of benzene rings is 1. The third-order valence-corrected chi connectivity index (χ3v) is 3.87. The summed E-state index contributed by atoms with van der Waals surface area (Å²) < 4.78 is 5.13. The van der Waals surface area contributed by atoms with Crippen molar-refractivity contribution in [3.63, 3.8) is 0 Å². The molecule has 0 unspecified atom stereocenters. The van der Waals surface area contributed by atoms with E-state index in [2.05, 4.69) is 0 Å². The largest absolute Gasteiger partial charge is 0.423 e. The van der Waals surface area contributed by atoms with Crippen molar-refractivity contribution < 1.29 is 29.6 Å². The van der Waals surface area contributed by atoms with Crippen LogP contribution in [-0.2, 0) is 4.79 Å². The van der Waals surface area contributed by atoms with Crippen molar-refractivity contribution >= 4 is 16.9 Å². The molecule has 8 heteroatoms. The third kappa shape index (κ3) is 3.46. The third-order valence-electron chi connectivity index (χ3n) is 3.87. The molecule has 0 aliphatic carbocycles. The molecule has 2 aromatic rings. The molecule has 0 radical (unpaired) electrons. The molecule has 0 saturated carbocycles. The van der Waals surface area contributed by atoms with E-state index >= 15 is 0 Å². The minimum Gasteiger partial charge on any atom is -0.423 e. The molecule has 0 aliphatic heterocycles. The van der Waals surface area contributed by atoms with Crippen LogP contribution in [0.2, 0.25) is 0 Å². The quantitative estimate of drug-likeness (QED) is 0.412. The van der Waals surface area contributed by atoms with Gasteiger partial charge in [0.1, 0.15) is 17.8 Å². The lowest BCUT2D eigenvalue weighted by atomic mass is 9.87. The van der Waals surface area contributed by atoms with E-state index in [4.69, 9.17) is 15.3 Å². The minimum atomic E-state index is -1.78. The first-order valence-electron chi connectivity index (χ1n) is 7.25. The number of hydrogen-bond acceptors (Lipinski definition) is 7. The molecular weight excluding hydrogens is 318 g/mol. The van der Waals surface area contributed by atoms with Crippen LogP contribution in [0, 0.1) is 6.92 Å². The number of aryl methyl sites for hydroxylation is 1. The van der Waals surface area contributed by atoms with Crippen LogP contribution >= 0.6 is 0 Å². The normalized spacial score (nSPS) is 16.5. The predicted molar refractivity (Wildman–Crippen MR) is 84.3 cm³/mol. The van der Waals surface area contributed by atoms with Crippen LogP contribution in [-0.4, -0.2) is 51.3 Å². The number of aliphatic hydroxyl groups is 4. The van der Waals surface area contributed by atoms with Gasteiger partial charge in [0.25, 0.3) is 0 Å². The second-order valence-electron chi connectivity index (χ2n) is 5.63. The standard InChI is InChI=1S/C16H19NO7/c1-7-4-8-2-3-9(5-11(8)24-16(7)23)12(15(17)22)14(21)13(20)10(19)6-18/h2-5,10,12-14,18-21H,6H2,1H3,(H2,17,22)/t10-,12-,13-,14-/m1/s1. The Balaban J connectivity index is 2.48. The average molecular weight is 337 g/mol. The summed E-state index contributed by atoms with van der Waals surface area (Å²) in [5, 5.41) is 38.9. The summed E-state index contributed by atoms with van der Waals surface area (Å²) in [6.45, 7) is 0.803. The molecule has 0 spiro atoms. The first-order chi connectivity index (χ1) is 11.3. The number of fused-ring (bicyclic) bond motifs is 1. The Hall–Kier alpha value is -2.26. The summed E-state index contributed by atoms with van der Waals surface area (Å²) in [7, 11) is 0. The van der Waals surface area contributed by atoms with E-state index in [0.717, 1.165) is 0 Å². The van der Waals surface area contributed by atoms with Crippen LogP contribution in [0.1, 0.15) is 17.0 Å². The number of primary amides is 1. The van der Waals surface area contributed by atoms with Gasteiger partial charge in [-0.15, -0.1) is 0 Å². The number of hydrogen-bond donors (Lipinski definition) is 5. The molecule has 130 valence electrons. The Morgan fingerprint density at radius 3 is 2.46 bits per heavy atom.